The Morgan fingerprint density at radius 1 is 1.12 bits per heavy atom. The summed E-state index contributed by atoms with van der Waals surface area (Å²) in [6.45, 7) is 2.23. The fourth-order valence-electron chi connectivity index (χ4n) is 4.25. The lowest BCUT2D eigenvalue weighted by atomic mass is 9.86. The highest BCUT2D eigenvalue weighted by atomic mass is 16.5. The lowest BCUT2D eigenvalue weighted by Gasteiger charge is -2.34. The van der Waals surface area contributed by atoms with E-state index in [1.54, 1.807) is 0 Å². The van der Waals surface area contributed by atoms with Gasteiger partial charge in [-0.25, -0.2) is 0 Å². The van der Waals surface area contributed by atoms with E-state index < -0.39 is 0 Å². The summed E-state index contributed by atoms with van der Waals surface area (Å²) < 4.78 is 11.3. The van der Waals surface area contributed by atoms with Crippen molar-refractivity contribution in [3.05, 3.63) is 11.7 Å². The predicted molar refractivity (Wildman–Crippen MR) is 96.7 cm³/mol. The van der Waals surface area contributed by atoms with Crippen molar-refractivity contribution < 1.29 is 14.1 Å². The molecule has 1 amide bonds. The van der Waals surface area contributed by atoms with Gasteiger partial charge in [0.25, 0.3) is 0 Å². The van der Waals surface area contributed by atoms with Crippen LogP contribution in [0.4, 0.5) is 0 Å². The first kappa shape index (κ1) is 18.0. The number of ether oxygens (including phenoxy) is 1. The van der Waals surface area contributed by atoms with Crippen molar-refractivity contribution in [1.82, 2.24) is 15.0 Å². The summed E-state index contributed by atoms with van der Waals surface area (Å²) in [5.41, 5.74) is 0. The fraction of sp³-hybridized carbons (Fsp3) is 0.850. The molecule has 144 valence electrons. The third-order valence-electron chi connectivity index (χ3n) is 6.01. The standard InChI is InChI=1S/C20H31N3O3/c24-19(13-15-5-2-1-3-6-15)23-11-4-7-17(14-23)25-12-10-18-21-20(26-22-18)16-8-9-16/h15-17H,1-14H2. The summed E-state index contributed by atoms with van der Waals surface area (Å²) in [6, 6.07) is 0. The molecule has 6 nitrogen and oxygen atoms in total. The molecule has 3 aliphatic rings. The molecule has 6 heteroatoms. The number of piperidine rings is 1. The van der Waals surface area contributed by atoms with Crippen molar-refractivity contribution in [2.75, 3.05) is 19.7 Å². The van der Waals surface area contributed by atoms with E-state index in [0.29, 0.717) is 30.8 Å². The van der Waals surface area contributed by atoms with E-state index >= 15 is 0 Å². The van der Waals surface area contributed by atoms with Crippen LogP contribution in [0.1, 0.15) is 81.8 Å². The van der Waals surface area contributed by atoms with Crippen molar-refractivity contribution in [3.63, 3.8) is 0 Å². The van der Waals surface area contributed by atoms with E-state index in [1.165, 1.54) is 44.9 Å². The van der Waals surface area contributed by atoms with Crippen LogP contribution in [0, 0.1) is 5.92 Å². The molecular weight excluding hydrogens is 330 g/mol. The first-order valence-corrected chi connectivity index (χ1v) is 10.5. The van der Waals surface area contributed by atoms with Gasteiger partial charge in [0.1, 0.15) is 0 Å². The Kier molecular flexibility index (Phi) is 5.88. The maximum Gasteiger partial charge on any atom is 0.229 e. The number of aromatic nitrogens is 2. The van der Waals surface area contributed by atoms with Gasteiger partial charge in [-0.2, -0.15) is 4.98 Å². The van der Waals surface area contributed by atoms with Crippen LogP contribution in [0.5, 0.6) is 0 Å². The molecule has 2 aliphatic carbocycles. The zero-order valence-electron chi connectivity index (χ0n) is 15.7. The largest absolute Gasteiger partial charge is 0.376 e. The second-order valence-corrected chi connectivity index (χ2v) is 8.26. The summed E-state index contributed by atoms with van der Waals surface area (Å²) in [5, 5.41) is 4.04. The van der Waals surface area contributed by atoms with Gasteiger partial charge in [0.2, 0.25) is 11.8 Å². The van der Waals surface area contributed by atoms with Gasteiger partial charge in [-0.3, -0.25) is 4.79 Å². The number of hydrogen-bond donors (Lipinski definition) is 0. The fourth-order valence-corrected chi connectivity index (χ4v) is 4.25. The molecule has 3 fully saturated rings. The summed E-state index contributed by atoms with van der Waals surface area (Å²) >= 11 is 0. The average molecular weight is 361 g/mol. The van der Waals surface area contributed by atoms with Crippen molar-refractivity contribution in [3.8, 4) is 0 Å². The summed E-state index contributed by atoms with van der Waals surface area (Å²) in [6.07, 6.45) is 12.4. The Hall–Kier alpha value is -1.43. The van der Waals surface area contributed by atoms with Crippen molar-refractivity contribution >= 4 is 5.91 Å². The minimum Gasteiger partial charge on any atom is -0.376 e. The molecular formula is C20H31N3O3. The van der Waals surface area contributed by atoms with Gasteiger partial charge < -0.3 is 14.2 Å². The molecule has 1 aliphatic heterocycles. The Morgan fingerprint density at radius 3 is 2.77 bits per heavy atom. The molecule has 0 N–H and O–H groups in total. The van der Waals surface area contributed by atoms with E-state index in [-0.39, 0.29) is 6.10 Å². The maximum atomic E-state index is 12.6. The van der Waals surface area contributed by atoms with E-state index in [9.17, 15) is 4.79 Å². The minimum absolute atomic E-state index is 0.147. The molecule has 0 aromatic carbocycles. The van der Waals surface area contributed by atoms with Crippen molar-refractivity contribution in [1.29, 1.82) is 0 Å². The highest BCUT2D eigenvalue weighted by Crippen LogP contribution is 2.38. The maximum absolute atomic E-state index is 12.6. The number of nitrogens with zero attached hydrogens (tertiary/aromatic N) is 3. The van der Waals surface area contributed by atoms with Crippen LogP contribution in [0.2, 0.25) is 0 Å². The summed E-state index contributed by atoms with van der Waals surface area (Å²) in [5.74, 6) is 2.97. The third-order valence-corrected chi connectivity index (χ3v) is 6.01. The molecule has 1 aromatic rings. The SMILES string of the molecule is O=C(CC1CCCCC1)N1CCCC(OCCc2noc(C3CC3)n2)C1. The van der Waals surface area contributed by atoms with Crippen LogP contribution in [0.15, 0.2) is 4.52 Å². The average Bonchev–Trinajstić information content (AvgIpc) is 3.42. The van der Waals surface area contributed by atoms with E-state index in [2.05, 4.69) is 10.1 Å². The lowest BCUT2D eigenvalue weighted by molar-refractivity contribution is -0.136. The first-order chi connectivity index (χ1) is 12.8. The lowest BCUT2D eigenvalue weighted by Crippen LogP contribution is -2.44. The highest BCUT2D eigenvalue weighted by Gasteiger charge is 2.30. The molecule has 0 bridgehead atoms. The molecule has 26 heavy (non-hydrogen) atoms. The highest BCUT2D eigenvalue weighted by molar-refractivity contribution is 5.76. The molecule has 2 heterocycles. The number of carbonyl (C=O) groups excluding carboxylic acids is 1. The van der Waals surface area contributed by atoms with Gasteiger partial charge in [-0.1, -0.05) is 24.4 Å². The molecule has 0 spiro atoms. The Labute approximate surface area is 155 Å². The molecule has 2 saturated carbocycles. The molecule has 1 aromatic heterocycles. The second kappa shape index (κ2) is 8.51. The number of amides is 1. The predicted octanol–water partition coefficient (Wildman–Crippen LogP) is 3.47. The molecule has 1 unspecified atom stereocenters. The van der Waals surface area contributed by atoms with Gasteiger partial charge in [0.05, 0.1) is 12.7 Å². The van der Waals surface area contributed by atoms with Crippen LogP contribution in [-0.4, -0.2) is 46.7 Å². The van der Waals surface area contributed by atoms with Crippen molar-refractivity contribution in [2.24, 2.45) is 5.92 Å². The van der Waals surface area contributed by atoms with Crippen molar-refractivity contribution in [2.45, 2.75) is 82.7 Å². The van der Waals surface area contributed by atoms with E-state index in [0.717, 1.165) is 44.1 Å². The zero-order chi connectivity index (χ0) is 17.8. The first-order valence-electron chi connectivity index (χ1n) is 10.5. The van der Waals surface area contributed by atoms with Gasteiger partial charge in [-0.05, 0) is 44.4 Å². The molecule has 1 atom stereocenters. The van der Waals surface area contributed by atoms with Gasteiger partial charge in [0, 0.05) is 31.8 Å². The zero-order valence-corrected chi connectivity index (χ0v) is 15.7. The second-order valence-electron chi connectivity index (χ2n) is 8.26. The molecule has 0 radical (unpaired) electrons. The smallest absolute Gasteiger partial charge is 0.229 e. The minimum atomic E-state index is 0.147. The summed E-state index contributed by atoms with van der Waals surface area (Å²) in [7, 11) is 0. The normalized spacial score (nSPS) is 24.8. The van der Waals surface area contributed by atoms with E-state index in [1.807, 2.05) is 4.90 Å². The van der Waals surface area contributed by atoms with Crippen LogP contribution in [0.3, 0.4) is 0 Å². The Balaban J connectivity index is 1.18. The number of rotatable bonds is 7. The molecule has 1 saturated heterocycles. The van der Waals surface area contributed by atoms with Gasteiger partial charge in [-0.15, -0.1) is 0 Å². The number of likely N-dealkylation sites (tertiary alicyclic amines) is 1. The van der Waals surface area contributed by atoms with Gasteiger partial charge in [0.15, 0.2) is 5.82 Å². The quantitative estimate of drug-likeness (QED) is 0.744. The van der Waals surface area contributed by atoms with Crippen LogP contribution in [-0.2, 0) is 16.0 Å². The molecule has 4 rings (SSSR count). The number of carbonyl (C=O) groups is 1. The van der Waals surface area contributed by atoms with Crippen LogP contribution >= 0.6 is 0 Å². The van der Waals surface area contributed by atoms with Gasteiger partial charge >= 0.3 is 0 Å². The Bertz CT molecular complexity index is 593. The topological polar surface area (TPSA) is 68.5 Å². The third kappa shape index (κ3) is 4.84. The summed E-state index contributed by atoms with van der Waals surface area (Å²) in [4.78, 5) is 19.1. The Morgan fingerprint density at radius 2 is 1.96 bits per heavy atom. The number of hydrogen-bond acceptors (Lipinski definition) is 5. The van der Waals surface area contributed by atoms with Crippen LogP contribution in [0.25, 0.3) is 0 Å². The van der Waals surface area contributed by atoms with E-state index in [4.69, 9.17) is 9.26 Å². The van der Waals surface area contributed by atoms with Crippen LogP contribution < -0.4 is 0 Å². The monoisotopic (exact) mass is 361 g/mol.